The van der Waals surface area contributed by atoms with Crippen molar-refractivity contribution in [2.75, 3.05) is 11.9 Å². The average molecular weight is 382 g/mol. The molecule has 146 valence electrons. The van der Waals surface area contributed by atoms with Gasteiger partial charge in [0.15, 0.2) is 5.82 Å². The molecular formula is C19H22N6O3. The Hall–Kier alpha value is -3.07. The van der Waals surface area contributed by atoms with E-state index in [0.29, 0.717) is 17.3 Å². The molecule has 0 spiro atoms. The summed E-state index contributed by atoms with van der Waals surface area (Å²) in [5.74, 6) is -0.180. The molecule has 1 saturated heterocycles. The number of nitrogens with two attached hydrogens (primary N) is 1. The molecule has 2 atom stereocenters. The SMILES string of the molecule is NCc1nc(-c2ccc(NC(=O)CN3C(=O)C4CCCCC4C3=O)cc2)n[nH]1. The van der Waals surface area contributed by atoms with Crippen LogP contribution in [0.15, 0.2) is 24.3 Å². The van der Waals surface area contributed by atoms with Crippen LogP contribution in [0.25, 0.3) is 11.4 Å². The van der Waals surface area contributed by atoms with Gasteiger partial charge in [0, 0.05) is 11.3 Å². The van der Waals surface area contributed by atoms with E-state index in [2.05, 4.69) is 20.5 Å². The van der Waals surface area contributed by atoms with Crippen molar-refractivity contribution < 1.29 is 14.4 Å². The Morgan fingerprint density at radius 2 is 1.79 bits per heavy atom. The standard InChI is InChI=1S/C19H22N6O3/c20-9-15-22-17(24-23-15)11-5-7-12(8-6-11)21-16(26)10-25-18(27)13-3-1-2-4-14(13)19(25)28/h5-8,13-14H,1-4,9-10,20H2,(H,21,26)(H,22,23,24). The van der Waals surface area contributed by atoms with E-state index in [1.807, 2.05) is 0 Å². The second-order valence-electron chi connectivity index (χ2n) is 7.20. The summed E-state index contributed by atoms with van der Waals surface area (Å²) >= 11 is 0. The number of hydrogen-bond donors (Lipinski definition) is 3. The number of hydrogen-bond acceptors (Lipinski definition) is 6. The lowest BCUT2D eigenvalue weighted by Crippen LogP contribution is -2.38. The van der Waals surface area contributed by atoms with E-state index < -0.39 is 5.91 Å². The summed E-state index contributed by atoms with van der Waals surface area (Å²) in [4.78, 5) is 42.7. The summed E-state index contributed by atoms with van der Waals surface area (Å²) < 4.78 is 0. The summed E-state index contributed by atoms with van der Waals surface area (Å²) in [5, 5.41) is 9.56. The molecule has 2 aromatic rings. The monoisotopic (exact) mass is 382 g/mol. The quantitative estimate of drug-likeness (QED) is 0.662. The first-order chi connectivity index (χ1) is 13.6. The number of likely N-dealkylation sites (tertiary alicyclic amines) is 1. The van der Waals surface area contributed by atoms with Gasteiger partial charge in [-0.15, -0.1) is 0 Å². The van der Waals surface area contributed by atoms with E-state index in [0.717, 1.165) is 36.1 Å². The van der Waals surface area contributed by atoms with E-state index in [1.165, 1.54) is 0 Å². The summed E-state index contributed by atoms with van der Waals surface area (Å²) in [6.45, 7) is 0.0317. The highest BCUT2D eigenvalue weighted by Gasteiger charge is 2.48. The van der Waals surface area contributed by atoms with Gasteiger partial charge in [0.05, 0.1) is 18.4 Å². The van der Waals surface area contributed by atoms with Crippen molar-refractivity contribution in [1.82, 2.24) is 20.1 Å². The number of nitrogens with one attached hydrogen (secondary N) is 2. The van der Waals surface area contributed by atoms with Crippen LogP contribution in [0, 0.1) is 11.8 Å². The lowest BCUT2D eigenvalue weighted by atomic mass is 9.81. The highest BCUT2D eigenvalue weighted by molar-refractivity contribution is 6.08. The number of rotatable bonds is 5. The highest BCUT2D eigenvalue weighted by Crippen LogP contribution is 2.37. The van der Waals surface area contributed by atoms with Crippen LogP contribution in [0.1, 0.15) is 31.5 Å². The van der Waals surface area contributed by atoms with Crippen LogP contribution in [0.4, 0.5) is 5.69 Å². The van der Waals surface area contributed by atoms with Gasteiger partial charge in [-0.3, -0.25) is 24.4 Å². The second kappa shape index (κ2) is 7.51. The summed E-state index contributed by atoms with van der Waals surface area (Å²) in [5.41, 5.74) is 6.86. The third-order valence-electron chi connectivity index (χ3n) is 5.39. The van der Waals surface area contributed by atoms with Gasteiger partial charge in [-0.25, -0.2) is 4.98 Å². The fraction of sp³-hybridized carbons (Fsp3) is 0.421. The molecule has 9 nitrogen and oxygen atoms in total. The molecule has 3 amide bonds. The zero-order valence-electron chi connectivity index (χ0n) is 15.4. The Kier molecular flexibility index (Phi) is 4.91. The van der Waals surface area contributed by atoms with E-state index in [1.54, 1.807) is 24.3 Å². The van der Waals surface area contributed by atoms with Crippen molar-refractivity contribution in [1.29, 1.82) is 0 Å². The van der Waals surface area contributed by atoms with Gasteiger partial charge in [-0.2, -0.15) is 5.10 Å². The van der Waals surface area contributed by atoms with Crippen LogP contribution in [0.3, 0.4) is 0 Å². The molecule has 2 heterocycles. The Morgan fingerprint density at radius 1 is 1.14 bits per heavy atom. The first kappa shape index (κ1) is 18.3. The van der Waals surface area contributed by atoms with Crippen molar-refractivity contribution in [3.05, 3.63) is 30.1 Å². The molecule has 1 saturated carbocycles. The van der Waals surface area contributed by atoms with Crippen molar-refractivity contribution in [2.24, 2.45) is 17.6 Å². The minimum atomic E-state index is -0.392. The molecule has 1 aliphatic heterocycles. The Labute approximate surface area is 161 Å². The van der Waals surface area contributed by atoms with Crippen molar-refractivity contribution in [2.45, 2.75) is 32.2 Å². The average Bonchev–Trinajstić information content (AvgIpc) is 3.28. The fourth-order valence-corrected chi connectivity index (χ4v) is 3.95. The number of fused-ring (bicyclic) bond motifs is 1. The van der Waals surface area contributed by atoms with Crippen molar-refractivity contribution >= 4 is 23.4 Å². The topological polar surface area (TPSA) is 134 Å². The predicted molar refractivity (Wildman–Crippen MR) is 101 cm³/mol. The summed E-state index contributed by atoms with van der Waals surface area (Å²) in [6, 6.07) is 7.00. The largest absolute Gasteiger partial charge is 0.325 e. The Morgan fingerprint density at radius 3 is 2.36 bits per heavy atom. The maximum Gasteiger partial charge on any atom is 0.244 e. The third-order valence-corrected chi connectivity index (χ3v) is 5.39. The first-order valence-electron chi connectivity index (χ1n) is 9.43. The smallest absolute Gasteiger partial charge is 0.244 e. The zero-order valence-corrected chi connectivity index (χ0v) is 15.4. The van der Waals surface area contributed by atoms with Crippen LogP contribution < -0.4 is 11.1 Å². The Bertz CT molecular complexity index is 883. The molecule has 1 aromatic carbocycles. The van der Waals surface area contributed by atoms with Gasteiger partial charge in [-0.05, 0) is 37.1 Å². The molecule has 28 heavy (non-hydrogen) atoms. The number of carbonyl (C=O) groups is 3. The van der Waals surface area contributed by atoms with Gasteiger partial charge < -0.3 is 11.1 Å². The van der Waals surface area contributed by atoms with Gasteiger partial charge in [0.1, 0.15) is 12.4 Å². The van der Waals surface area contributed by atoms with E-state index >= 15 is 0 Å². The first-order valence-corrected chi connectivity index (χ1v) is 9.43. The number of carbonyl (C=O) groups excluding carboxylic acids is 3. The number of H-pyrrole nitrogens is 1. The van der Waals surface area contributed by atoms with Crippen LogP contribution >= 0.6 is 0 Å². The van der Waals surface area contributed by atoms with Crippen LogP contribution in [-0.4, -0.2) is 44.3 Å². The number of imide groups is 1. The summed E-state index contributed by atoms with van der Waals surface area (Å²) in [7, 11) is 0. The molecule has 2 aliphatic rings. The lowest BCUT2D eigenvalue weighted by Gasteiger charge is -2.19. The van der Waals surface area contributed by atoms with Gasteiger partial charge >= 0.3 is 0 Å². The number of aromatic nitrogens is 3. The number of aromatic amines is 1. The molecule has 1 aliphatic carbocycles. The maximum absolute atomic E-state index is 12.5. The molecule has 2 fully saturated rings. The molecule has 0 radical (unpaired) electrons. The lowest BCUT2D eigenvalue weighted by molar-refractivity contribution is -0.142. The summed E-state index contributed by atoms with van der Waals surface area (Å²) in [6.07, 6.45) is 3.40. The van der Waals surface area contributed by atoms with Crippen molar-refractivity contribution in [3.63, 3.8) is 0 Å². The number of benzene rings is 1. The van der Waals surface area contributed by atoms with Gasteiger partial charge in [0.25, 0.3) is 0 Å². The van der Waals surface area contributed by atoms with E-state index in [-0.39, 0.29) is 36.7 Å². The maximum atomic E-state index is 12.5. The molecule has 4 N–H and O–H groups in total. The number of nitrogens with zero attached hydrogens (tertiary/aromatic N) is 3. The van der Waals surface area contributed by atoms with Crippen LogP contribution in [-0.2, 0) is 20.9 Å². The minimum absolute atomic E-state index is 0.208. The Balaban J connectivity index is 1.38. The van der Waals surface area contributed by atoms with E-state index in [9.17, 15) is 14.4 Å². The normalized spacial score (nSPS) is 21.7. The minimum Gasteiger partial charge on any atom is -0.325 e. The van der Waals surface area contributed by atoms with Gasteiger partial charge in [0.2, 0.25) is 17.7 Å². The highest BCUT2D eigenvalue weighted by atomic mass is 16.2. The van der Waals surface area contributed by atoms with Crippen molar-refractivity contribution in [3.8, 4) is 11.4 Å². The van der Waals surface area contributed by atoms with Gasteiger partial charge in [-0.1, -0.05) is 12.8 Å². The third kappa shape index (κ3) is 3.40. The van der Waals surface area contributed by atoms with E-state index in [4.69, 9.17) is 5.73 Å². The fourth-order valence-electron chi connectivity index (χ4n) is 3.95. The molecule has 4 rings (SSSR count). The molecule has 0 bridgehead atoms. The molecular weight excluding hydrogens is 360 g/mol. The number of anilines is 1. The number of amides is 3. The second-order valence-corrected chi connectivity index (χ2v) is 7.20. The van der Waals surface area contributed by atoms with Crippen LogP contribution in [0.5, 0.6) is 0 Å². The zero-order chi connectivity index (χ0) is 19.7. The molecule has 9 heteroatoms. The molecule has 1 aromatic heterocycles. The van der Waals surface area contributed by atoms with Crippen LogP contribution in [0.2, 0.25) is 0 Å². The molecule has 2 unspecified atom stereocenters. The predicted octanol–water partition coefficient (Wildman–Crippen LogP) is 1.04.